The van der Waals surface area contributed by atoms with Crippen LogP contribution < -0.4 is 0 Å². The zero-order valence-electron chi connectivity index (χ0n) is 15.3. The molecule has 0 N–H and O–H groups in total. The lowest BCUT2D eigenvalue weighted by atomic mass is 10.1. The number of alkyl halides is 1. The molecule has 2 aromatic heterocycles. The third-order valence-corrected chi connectivity index (χ3v) is 5.92. The number of aromatic nitrogens is 1. The van der Waals surface area contributed by atoms with Crippen LogP contribution in [-0.4, -0.2) is 57.2 Å². The van der Waals surface area contributed by atoms with Gasteiger partial charge in [0.1, 0.15) is 15.9 Å². The molecule has 2 aromatic rings. The van der Waals surface area contributed by atoms with E-state index in [1.165, 1.54) is 0 Å². The second kappa shape index (κ2) is 7.84. The molecule has 0 aromatic carbocycles. The Kier molecular flexibility index (Phi) is 5.73. The fourth-order valence-electron chi connectivity index (χ4n) is 3.40. The lowest BCUT2D eigenvalue weighted by Gasteiger charge is -2.40. The Morgan fingerprint density at radius 2 is 2.19 bits per heavy atom. The van der Waals surface area contributed by atoms with Gasteiger partial charge < -0.3 is 14.4 Å². The zero-order chi connectivity index (χ0) is 18.8. The zero-order valence-corrected chi connectivity index (χ0v) is 16.9. The van der Waals surface area contributed by atoms with Crippen molar-refractivity contribution in [2.75, 3.05) is 19.6 Å². The van der Waals surface area contributed by atoms with Crippen molar-refractivity contribution in [2.24, 2.45) is 0 Å². The number of nitrogens with zero attached hydrogens (tertiary/aromatic N) is 3. The summed E-state index contributed by atoms with van der Waals surface area (Å²) in [4.78, 5) is 30.1. The number of piperazine rings is 1. The van der Waals surface area contributed by atoms with Crippen LogP contribution in [0.4, 0.5) is 0 Å². The molecule has 5 nitrogen and oxygen atoms in total. The molecule has 1 aliphatic heterocycles. The molecule has 0 spiro atoms. The Morgan fingerprint density at radius 1 is 1.42 bits per heavy atom. The van der Waals surface area contributed by atoms with E-state index in [4.69, 9.17) is 11.6 Å². The quantitative estimate of drug-likeness (QED) is 0.588. The second-order valence-corrected chi connectivity index (χ2v) is 8.19. The molecule has 0 bridgehead atoms. The van der Waals surface area contributed by atoms with Crippen molar-refractivity contribution in [3.8, 4) is 0 Å². The monoisotopic (exact) mass is 393 g/mol. The maximum Gasteiger partial charge on any atom is 0.270 e. The molecule has 2 atom stereocenters. The lowest BCUT2D eigenvalue weighted by molar-refractivity contribution is -0.134. The van der Waals surface area contributed by atoms with Crippen LogP contribution in [-0.2, 0) is 11.3 Å². The van der Waals surface area contributed by atoms with E-state index in [1.54, 1.807) is 23.2 Å². The van der Waals surface area contributed by atoms with Crippen molar-refractivity contribution in [2.45, 2.75) is 38.7 Å². The van der Waals surface area contributed by atoms with Crippen LogP contribution in [0.1, 0.15) is 31.3 Å². The highest BCUT2D eigenvalue weighted by atomic mass is 35.5. The van der Waals surface area contributed by atoms with Crippen molar-refractivity contribution in [1.29, 1.82) is 0 Å². The number of halogens is 1. The van der Waals surface area contributed by atoms with Gasteiger partial charge in [0.15, 0.2) is 0 Å². The minimum absolute atomic E-state index is 0.0239. The largest absolute Gasteiger partial charge is 0.335 e. The first-order valence-electron chi connectivity index (χ1n) is 8.85. The number of hydrogen-bond acceptors (Lipinski definition) is 3. The number of carbonyl (C=O) groups excluding carboxylic acids is 2. The summed E-state index contributed by atoms with van der Waals surface area (Å²) in [7, 11) is 0. The summed E-state index contributed by atoms with van der Waals surface area (Å²) < 4.78 is 2.07. The summed E-state index contributed by atoms with van der Waals surface area (Å²) in [5, 5.41) is 2.61. The maximum absolute atomic E-state index is 13.2. The van der Waals surface area contributed by atoms with Crippen LogP contribution in [0.3, 0.4) is 0 Å². The average molecular weight is 394 g/mol. The van der Waals surface area contributed by atoms with Crippen LogP contribution in [0.5, 0.6) is 0 Å². The number of hydrogen-bond donors (Lipinski definition) is 0. The minimum Gasteiger partial charge on any atom is -0.335 e. The highest BCUT2D eigenvalue weighted by Crippen LogP contribution is 2.27. The van der Waals surface area contributed by atoms with Gasteiger partial charge in [0.05, 0.1) is 0 Å². The molecule has 1 fully saturated rings. The Morgan fingerprint density at radius 3 is 2.85 bits per heavy atom. The summed E-state index contributed by atoms with van der Waals surface area (Å²) in [5.74, 6) is -0.0426. The first-order valence-corrected chi connectivity index (χ1v) is 10.2. The van der Waals surface area contributed by atoms with E-state index in [-0.39, 0.29) is 17.9 Å². The molecule has 140 valence electrons. The summed E-state index contributed by atoms with van der Waals surface area (Å²) in [5.41, 5.74) is 0.711. The molecule has 3 rings (SSSR count). The molecule has 2 amide bonds. The smallest absolute Gasteiger partial charge is 0.270 e. The van der Waals surface area contributed by atoms with Crippen molar-refractivity contribution in [1.82, 2.24) is 14.4 Å². The van der Waals surface area contributed by atoms with Crippen molar-refractivity contribution in [3.05, 3.63) is 35.4 Å². The molecule has 26 heavy (non-hydrogen) atoms. The molecular weight excluding hydrogens is 370 g/mol. The van der Waals surface area contributed by atoms with Gasteiger partial charge in [0.2, 0.25) is 5.91 Å². The molecule has 0 radical (unpaired) electrons. The van der Waals surface area contributed by atoms with Gasteiger partial charge in [-0.2, -0.15) is 0 Å². The van der Waals surface area contributed by atoms with Gasteiger partial charge in [0.25, 0.3) is 5.91 Å². The lowest BCUT2D eigenvalue weighted by Crippen LogP contribution is -2.56. The molecular formula is C19H24ClN3O2S. The second-order valence-electron chi connectivity index (χ2n) is 6.64. The van der Waals surface area contributed by atoms with Crippen molar-refractivity contribution < 1.29 is 9.59 Å². The van der Waals surface area contributed by atoms with E-state index in [0.29, 0.717) is 31.9 Å². The highest BCUT2D eigenvalue weighted by Gasteiger charge is 2.32. The summed E-state index contributed by atoms with van der Waals surface area (Å²) in [6.07, 6.45) is 4.05. The number of fused-ring (bicyclic) bond motifs is 1. The third kappa shape index (κ3) is 3.53. The first kappa shape index (κ1) is 19.0. The van der Waals surface area contributed by atoms with Crippen LogP contribution in [0.25, 0.3) is 10.2 Å². The van der Waals surface area contributed by atoms with Gasteiger partial charge in [-0.25, -0.2) is 0 Å². The Hall–Kier alpha value is -1.79. The first-order chi connectivity index (χ1) is 12.4. The van der Waals surface area contributed by atoms with E-state index in [1.807, 2.05) is 42.3 Å². The van der Waals surface area contributed by atoms with Gasteiger partial charge in [0, 0.05) is 37.6 Å². The predicted octanol–water partition coefficient (Wildman–Crippen LogP) is 3.58. The number of carbonyl (C=O) groups is 2. The Balaban J connectivity index is 1.81. The van der Waals surface area contributed by atoms with Crippen molar-refractivity contribution >= 4 is 45.0 Å². The van der Waals surface area contributed by atoms with Gasteiger partial charge in [-0.1, -0.05) is 12.2 Å². The fourth-order valence-corrected chi connectivity index (χ4v) is 4.44. The average Bonchev–Trinajstić information content (AvgIpc) is 3.20. The number of amides is 2. The van der Waals surface area contributed by atoms with Gasteiger partial charge in [-0.15, -0.1) is 22.9 Å². The van der Waals surface area contributed by atoms with Crippen LogP contribution in [0.15, 0.2) is 29.7 Å². The molecule has 1 aliphatic rings. The van der Waals surface area contributed by atoms with Crippen LogP contribution in [0, 0.1) is 0 Å². The van der Waals surface area contributed by atoms with E-state index in [9.17, 15) is 9.59 Å². The molecule has 2 unspecified atom stereocenters. The van der Waals surface area contributed by atoms with E-state index in [2.05, 4.69) is 10.6 Å². The van der Waals surface area contributed by atoms with E-state index in [0.717, 1.165) is 10.2 Å². The molecule has 3 heterocycles. The number of thiophene rings is 1. The van der Waals surface area contributed by atoms with Crippen LogP contribution >= 0.6 is 22.9 Å². The topological polar surface area (TPSA) is 45.6 Å². The minimum atomic E-state index is -0.537. The normalized spacial score (nSPS) is 19.5. The third-order valence-electron chi connectivity index (χ3n) is 4.78. The fraction of sp³-hybridized carbons (Fsp3) is 0.474. The predicted molar refractivity (Wildman–Crippen MR) is 107 cm³/mol. The van der Waals surface area contributed by atoms with Crippen LogP contribution in [0.2, 0.25) is 0 Å². The molecule has 1 saturated heterocycles. The van der Waals surface area contributed by atoms with E-state index >= 15 is 0 Å². The van der Waals surface area contributed by atoms with E-state index < -0.39 is 5.38 Å². The summed E-state index contributed by atoms with van der Waals surface area (Å²) in [6, 6.07) is 3.98. The highest BCUT2D eigenvalue weighted by molar-refractivity contribution is 7.16. The standard InChI is InChI=1S/C19H24ClN3O2S/c1-4-5-7-23-16(11-15-6-10-26-19(15)23)18(25)21-8-9-22(13(2)12-21)17(24)14(3)20/h4-6,10-11,13-14H,7-9,12H2,1-3H3/b5-4-. The number of allylic oxidation sites excluding steroid dienone is 2. The summed E-state index contributed by atoms with van der Waals surface area (Å²) in [6.45, 7) is 7.89. The SMILES string of the molecule is C/C=C\Cn1c(C(=O)N2CCN(C(=O)C(C)Cl)C(C)C2)cc2ccsc21. The molecule has 7 heteroatoms. The van der Waals surface area contributed by atoms with Gasteiger partial charge in [-0.3, -0.25) is 9.59 Å². The summed E-state index contributed by atoms with van der Waals surface area (Å²) >= 11 is 7.59. The Bertz CT molecular complexity index is 839. The molecule has 0 aliphatic carbocycles. The Labute approximate surface area is 162 Å². The van der Waals surface area contributed by atoms with Crippen molar-refractivity contribution in [3.63, 3.8) is 0 Å². The van der Waals surface area contributed by atoms with Gasteiger partial charge >= 0.3 is 0 Å². The molecule has 0 saturated carbocycles. The number of rotatable bonds is 4. The maximum atomic E-state index is 13.2. The van der Waals surface area contributed by atoms with Gasteiger partial charge in [-0.05, 0) is 38.3 Å².